The van der Waals surface area contributed by atoms with Gasteiger partial charge in [-0.1, -0.05) is 30.3 Å². The number of aromatic nitrogens is 2. The second kappa shape index (κ2) is 12.1. The third kappa shape index (κ3) is 7.09. The first-order valence-corrected chi connectivity index (χ1v) is 15.3. The van der Waals surface area contributed by atoms with Gasteiger partial charge in [-0.15, -0.1) is 0 Å². The molecule has 0 spiro atoms. The molecule has 1 aliphatic rings. The van der Waals surface area contributed by atoms with Crippen LogP contribution in [-0.4, -0.2) is 67.5 Å². The van der Waals surface area contributed by atoms with Crippen LogP contribution in [0, 0.1) is 0 Å². The number of ether oxygens (including phenoxy) is 2. The molecule has 4 rings (SSSR count). The number of nitrogens with zero attached hydrogens (tertiary/aromatic N) is 3. The first-order valence-electron chi connectivity index (χ1n) is 12.3. The molecular formula is C27H32ClN6O4P. The van der Waals surface area contributed by atoms with Crippen LogP contribution < -0.4 is 30.7 Å². The standard InChI is InChI=1S/C27H32ClN6O4P/c1-6-25(35)30-21-13-20(22(37-3)14-23(21)38-17-11-12-34(2)16-17)32-27-29-15-18(28)26(33-27)31-19-9-7-8-10-24(19)39(4,5)36/h6-10,13-15,17H,1,11-12,16H2,2-5H3,(H,30,35)(H2,29,31,32,33). The van der Waals surface area contributed by atoms with Crippen LogP contribution >= 0.6 is 18.7 Å². The van der Waals surface area contributed by atoms with Gasteiger partial charge in [0.15, 0.2) is 5.82 Å². The Morgan fingerprint density at radius 1 is 1.18 bits per heavy atom. The molecule has 0 saturated carbocycles. The molecule has 1 fully saturated rings. The van der Waals surface area contributed by atoms with Crippen molar-refractivity contribution in [3.8, 4) is 11.5 Å². The molecule has 1 saturated heterocycles. The molecule has 1 aromatic heterocycles. The molecule has 3 aromatic rings. The number of rotatable bonds is 10. The number of anilines is 5. The molecule has 206 valence electrons. The highest BCUT2D eigenvalue weighted by Gasteiger charge is 2.24. The SMILES string of the molecule is C=CC(=O)Nc1cc(Nc2ncc(Cl)c(Nc3ccccc3P(C)(C)=O)n2)c(OC)cc1OC1CCN(C)C1. The van der Waals surface area contributed by atoms with Gasteiger partial charge < -0.3 is 34.9 Å². The largest absolute Gasteiger partial charge is 0.494 e. The van der Waals surface area contributed by atoms with Gasteiger partial charge in [0.2, 0.25) is 11.9 Å². The zero-order chi connectivity index (χ0) is 28.2. The van der Waals surface area contributed by atoms with E-state index >= 15 is 0 Å². The highest BCUT2D eigenvalue weighted by Crippen LogP contribution is 2.40. The number of amides is 1. The number of likely N-dealkylation sites (tertiary alicyclic amines) is 1. The van der Waals surface area contributed by atoms with Crippen LogP contribution in [0.5, 0.6) is 11.5 Å². The van der Waals surface area contributed by atoms with Crippen molar-refractivity contribution in [3.05, 3.63) is 60.3 Å². The molecule has 12 heteroatoms. The minimum Gasteiger partial charge on any atom is -0.494 e. The second-order valence-corrected chi connectivity index (χ2v) is 13.1. The Bertz CT molecular complexity index is 1430. The predicted octanol–water partition coefficient (Wildman–Crippen LogP) is 5.08. The van der Waals surface area contributed by atoms with Gasteiger partial charge in [-0.25, -0.2) is 4.98 Å². The normalized spacial score (nSPS) is 15.5. The predicted molar refractivity (Wildman–Crippen MR) is 157 cm³/mol. The van der Waals surface area contributed by atoms with Crippen molar-refractivity contribution in [3.63, 3.8) is 0 Å². The number of likely N-dealkylation sites (N-methyl/N-ethyl adjacent to an activating group) is 1. The highest BCUT2D eigenvalue weighted by molar-refractivity contribution is 7.70. The summed E-state index contributed by atoms with van der Waals surface area (Å²) >= 11 is 6.40. The summed E-state index contributed by atoms with van der Waals surface area (Å²) in [7, 11) is 1.01. The Balaban J connectivity index is 1.66. The summed E-state index contributed by atoms with van der Waals surface area (Å²) in [5.41, 5.74) is 1.58. The summed E-state index contributed by atoms with van der Waals surface area (Å²) in [6.07, 6.45) is 3.50. The van der Waals surface area contributed by atoms with Gasteiger partial charge in [-0.05, 0) is 51.1 Å². The Morgan fingerprint density at radius 2 is 1.95 bits per heavy atom. The maximum Gasteiger partial charge on any atom is 0.247 e. The van der Waals surface area contributed by atoms with E-state index < -0.39 is 7.14 Å². The molecule has 2 heterocycles. The zero-order valence-corrected chi connectivity index (χ0v) is 24.0. The van der Waals surface area contributed by atoms with Gasteiger partial charge in [-0.3, -0.25) is 4.79 Å². The van der Waals surface area contributed by atoms with Gasteiger partial charge in [0.25, 0.3) is 0 Å². The number of hydrogen-bond acceptors (Lipinski definition) is 9. The van der Waals surface area contributed by atoms with Crippen molar-refractivity contribution in [1.82, 2.24) is 14.9 Å². The van der Waals surface area contributed by atoms with Crippen LogP contribution in [0.1, 0.15) is 6.42 Å². The highest BCUT2D eigenvalue weighted by atomic mass is 35.5. The van der Waals surface area contributed by atoms with E-state index in [0.29, 0.717) is 39.7 Å². The minimum absolute atomic E-state index is 0.0180. The monoisotopic (exact) mass is 570 g/mol. The lowest BCUT2D eigenvalue weighted by molar-refractivity contribution is -0.111. The average Bonchev–Trinajstić information content (AvgIpc) is 3.31. The third-order valence-corrected chi connectivity index (χ3v) is 7.94. The van der Waals surface area contributed by atoms with E-state index in [1.807, 2.05) is 31.3 Å². The van der Waals surface area contributed by atoms with Crippen molar-refractivity contribution >= 4 is 58.8 Å². The van der Waals surface area contributed by atoms with E-state index in [9.17, 15) is 9.36 Å². The Labute approximate surface area is 233 Å². The van der Waals surface area contributed by atoms with E-state index in [2.05, 4.69) is 37.4 Å². The number of nitrogens with one attached hydrogen (secondary N) is 3. The van der Waals surface area contributed by atoms with Crippen LogP contribution in [0.4, 0.5) is 28.8 Å². The van der Waals surface area contributed by atoms with Crippen LogP contribution in [0.15, 0.2) is 55.3 Å². The van der Waals surface area contributed by atoms with Crippen LogP contribution in [-0.2, 0) is 9.36 Å². The molecule has 39 heavy (non-hydrogen) atoms. The Morgan fingerprint density at radius 3 is 2.62 bits per heavy atom. The molecule has 0 aliphatic carbocycles. The molecule has 1 unspecified atom stereocenters. The number of benzene rings is 2. The first kappa shape index (κ1) is 28.4. The fraction of sp³-hybridized carbons (Fsp3) is 0.296. The maximum atomic E-state index is 12.8. The van der Waals surface area contributed by atoms with E-state index in [4.69, 9.17) is 21.1 Å². The molecule has 1 atom stereocenters. The molecule has 0 radical (unpaired) electrons. The Kier molecular flexibility index (Phi) is 8.80. The van der Waals surface area contributed by atoms with Crippen molar-refractivity contribution in [1.29, 1.82) is 0 Å². The lowest BCUT2D eigenvalue weighted by atomic mass is 10.2. The van der Waals surface area contributed by atoms with Gasteiger partial charge >= 0.3 is 0 Å². The van der Waals surface area contributed by atoms with Gasteiger partial charge in [0.05, 0.1) is 30.4 Å². The van der Waals surface area contributed by atoms with Crippen molar-refractivity contribution in [2.45, 2.75) is 12.5 Å². The molecule has 2 aromatic carbocycles. The summed E-state index contributed by atoms with van der Waals surface area (Å²) in [6, 6.07) is 10.7. The topological polar surface area (TPSA) is 118 Å². The summed E-state index contributed by atoms with van der Waals surface area (Å²) < 4.78 is 24.6. The third-order valence-electron chi connectivity index (χ3n) is 6.11. The van der Waals surface area contributed by atoms with Gasteiger partial charge in [0.1, 0.15) is 29.8 Å². The number of para-hydroxylation sites is 1. The number of carbonyl (C=O) groups excluding carboxylic acids is 1. The van der Waals surface area contributed by atoms with E-state index in [-0.39, 0.29) is 23.0 Å². The van der Waals surface area contributed by atoms with Crippen LogP contribution in [0.25, 0.3) is 0 Å². The molecule has 0 bridgehead atoms. The molecule has 10 nitrogen and oxygen atoms in total. The van der Waals surface area contributed by atoms with E-state index in [0.717, 1.165) is 19.5 Å². The average molecular weight is 571 g/mol. The smallest absolute Gasteiger partial charge is 0.247 e. The maximum absolute atomic E-state index is 12.8. The van der Waals surface area contributed by atoms with Crippen molar-refractivity contribution in [2.75, 3.05) is 56.5 Å². The summed E-state index contributed by atoms with van der Waals surface area (Å²) in [4.78, 5) is 23.2. The summed E-state index contributed by atoms with van der Waals surface area (Å²) in [5, 5.41) is 10.1. The summed E-state index contributed by atoms with van der Waals surface area (Å²) in [6.45, 7) is 8.65. The van der Waals surface area contributed by atoms with Crippen molar-refractivity contribution in [2.24, 2.45) is 0 Å². The van der Waals surface area contributed by atoms with Crippen LogP contribution in [0.3, 0.4) is 0 Å². The van der Waals surface area contributed by atoms with Gasteiger partial charge in [0, 0.05) is 24.5 Å². The number of hydrogen-bond donors (Lipinski definition) is 3. The van der Waals surface area contributed by atoms with Gasteiger partial charge in [-0.2, -0.15) is 4.98 Å². The number of halogens is 1. The molecule has 1 amide bonds. The summed E-state index contributed by atoms with van der Waals surface area (Å²) in [5.74, 6) is 1.12. The fourth-order valence-electron chi connectivity index (χ4n) is 4.19. The fourth-order valence-corrected chi connectivity index (χ4v) is 5.48. The number of carbonyl (C=O) groups is 1. The lowest BCUT2D eigenvalue weighted by Crippen LogP contribution is -2.22. The lowest BCUT2D eigenvalue weighted by Gasteiger charge is -2.20. The van der Waals surface area contributed by atoms with Crippen LogP contribution in [0.2, 0.25) is 5.02 Å². The van der Waals surface area contributed by atoms with E-state index in [1.54, 1.807) is 25.5 Å². The second-order valence-electron chi connectivity index (χ2n) is 9.54. The quantitative estimate of drug-likeness (QED) is 0.226. The molecule has 3 N–H and O–H groups in total. The van der Waals surface area contributed by atoms with Crippen molar-refractivity contribution < 1.29 is 18.8 Å². The molecular weight excluding hydrogens is 539 g/mol. The Hall–Kier alpha value is -3.59. The number of methoxy groups -OCH3 is 1. The first-order chi connectivity index (χ1) is 18.6. The van der Waals surface area contributed by atoms with E-state index in [1.165, 1.54) is 19.4 Å². The molecule has 1 aliphatic heterocycles. The minimum atomic E-state index is -2.56. The zero-order valence-electron chi connectivity index (χ0n) is 22.3.